The van der Waals surface area contributed by atoms with Crippen LogP contribution < -0.4 is 10.1 Å². The lowest BCUT2D eigenvalue weighted by atomic mass is 10.0. The van der Waals surface area contributed by atoms with Crippen molar-refractivity contribution in [2.24, 2.45) is 0 Å². The molecule has 0 aliphatic heterocycles. The van der Waals surface area contributed by atoms with Crippen molar-refractivity contribution in [2.45, 2.75) is 0 Å². The van der Waals surface area contributed by atoms with Gasteiger partial charge in [0.25, 0.3) is 5.91 Å². The summed E-state index contributed by atoms with van der Waals surface area (Å²) in [6, 6.07) is 27.2. The first-order chi connectivity index (χ1) is 13.8. The maximum absolute atomic E-state index is 13.0. The lowest BCUT2D eigenvalue weighted by Crippen LogP contribution is -2.14. The second-order valence-corrected chi connectivity index (χ2v) is 6.19. The third-order valence-corrected chi connectivity index (χ3v) is 4.40. The molecule has 1 amide bonds. The molecule has 3 aromatic carbocycles. The number of benzene rings is 3. The van der Waals surface area contributed by atoms with Crippen molar-refractivity contribution in [1.29, 1.82) is 0 Å². The lowest BCUT2D eigenvalue weighted by molar-refractivity contribution is 0.101. The Morgan fingerprint density at radius 3 is 2.25 bits per heavy atom. The second-order valence-electron chi connectivity index (χ2n) is 6.19. The van der Waals surface area contributed by atoms with E-state index in [1.165, 1.54) is 7.11 Å². The van der Waals surface area contributed by atoms with Crippen LogP contribution in [0, 0.1) is 0 Å². The summed E-state index contributed by atoms with van der Waals surface area (Å²) in [4.78, 5) is 13.0. The Bertz CT molecular complexity index is 1090. The zero-order valence-electron chi connectivity index (χ0n) is 15.4. The molecule has 0 saturated heterocycles. The summed E-state index contributed by atoms with van der Waals surface area (Å²) >= 11 is 0. The Balaban J connectivity index is 1.66. The van der Waals surface area contributed by atoms with E-state index >= 15 is 0 Å². The van der Waals surface area contributed by atoms with Crippen LogP contribution in [0.15, 0.2) is 91.1 Å². The van der Waals surface area contributed by atoms with Crippen molar-refractivity contribution in [1.82, 2.24) is 9.78 Å². The molecule has 0 spiro atoms. The average Bonchev–Trinajstić information content (AvgIpc) is 3.20. The largest absolute Gasteiger partial charge is 0.493 e. The number of nitrogens with one attached hydrogen (secondary N) is 1. The first-order valence-corrected chi connectivity index (χ1v) is 8.91. The number of carbonyl (C=O) groups is 1. The molecule has 0 unspecified atom stereocenters. The van der Waals surface area contributed by atoms with E-state index in [-0.39, 0.29) is 11.6 Å². The molecular formula is C23H19N3O2. The summed E-state index contributed by atoms with van der Waals surface area (Å²) in [5.41, 5.74) is 3.77. The Morgan fingerprint density at radius 2 is 1.54 bits per heavy atom. The van der Waals surface area contributed by atoms with Gasteiger partial charge in [0, 0.05) is 11.3 Å². The zero-order chi connectivity index (χ0) is 19.3. The van der Waals surface area contributed by atoms with E-state index in [1.807, 2.05) is 84.9 Å². The number of amides is 1. The maximum atomic E-state index is 13.0. The van der Waals surface area contributed by atoms with Crippen LogP contribution in [0.25, 0.3) is 16.8 Å². The predicted molar refractivity (Wildman–Crippen MR) is 110 cm³/mol. The Labute approximate surface area is 163 Å². The van der Waals surface area contributed by atoms with E-state index in [0.29, 0.717) is 5.75 Å². The number of methoxy groups -OCH3 is 1. The second kappa shape index (κ2) is 7.80. The highest BCUT2D eigenvalue weighted by atomic mass is 16.5. The highest BCUT2D eigenvalue weighted by Crippen LogP contribution is 2.29. The molecular weight excluding hydrogens is 350 g/mol. The van der Waals surface area contributed by atoms with Gasteiger partial charge in [-0.3, -0.25) is 4.79 Å². The van der Waals surface area contributed by atoms with Crippen molar-refractivity contribution in [3.63, 3.8) is 0 Å². The Morgan fingerprint density at radius 1 is 0.893 bits per heavy atom. The van der Waals surface area contributed by atoms with Gasteiger partial charge in [0.1, 0.15) is 0 Å². The molecule has 0 aliphatic carbocycles. The molecule has 138 valence electrons. The van der Waals surface area contributed by atoms with E-state index in [9.17, 15) is 4.79 Å². The summed E-state index contributed by atoms with van der Waals surface area (Å²) in [5.74, 6) is 0.0912. The van der Waals surface area contributed by atoms with E-state index in [4.69, 9.17) is 4.74 Å². The molecule has 1 aromatic heterocycles. The number of hydrogen-bond acceptors (Lipinski definition) is 3. The molecule has 28 heavy (non-hydrogen) atoms. The number of nitrogens with zero attached hydrogens (tertiary/aromatic N) is 2. The third-order valence-electron chi connectivity index (χ3n) is 4.40. The van der Waals surface area contributed by atoms with Gasteiger partial charge in [0.15, 0.2) is 11.4 Å². The van der Waals surface area contributed by atoms with Crippen LogP contribution in [0.5, 0.6) is 5.75 Å². The minimum absolute atomic E-state index is 0.231. The fraction of sp³-hybridized carbons (Fsp3) is 0.0435. The number of carbonyl (C=O) groups excluding carboxylic acids is 1. The summed E-state index contributed by atoms with van der Waals surface area (Å²) < 4.78 is 7.01. The first kappa shape index (κ1) is 17.5. The number of rotatable bonds is 5. The molecule has 1 heterocycles. The van der Waals surface area contributed by atoms with Gasteiger partial charge >= 0.3 is 0 Å². The van der Waals surface area contributed by atoms with Gasteiger partial charge in [-0.15, -0.1) is 0 Å². The Kier molecular flexibility index (Phi) is 4.89. The van der Waals surface area contributed by atoms with Crippen molar-refractivity contribution >= 4 is 11.6 Å². The highest BCUT2D eigenvalue weighted by Gasteiger charge is 2.19. The lowest BCUT2D eigenvalue weighted by Gasteiger charge is -2.11. The van der Waals surface area contributed by atoms with Gasteiger partial charge in [0.2, 0.25) is 0 Å². The molecule has 5 heteroatoms. The van der Waals surface area contributed by atoms with E-state index in [2.05, 4.69) is 10.4 Å². The van der Waals surface area contributed by atoms with E-state index < -0.39 is 0 Å². The molecule has 0 saturated carbocycles. The summed E-state index contributed by atoms with van der Waals surface area (Å²) in [6.45, 7) is 0. The molecule has 0 fully saturated rings. The van der Waals surface area contributed by atoms with Gasteiger partial charge in [-0.2, -0.15) is 5.10 Å². The molecule has 0 radical (unpaired) electrons. The van der Waals surface area contributed by atoms with Gasteiger partial charge in [-0.25, -0.2) is 4.68 Å². The summed E-state index contributed by atoms with van der Waals surface area (Å²) in [6.07, 6.45) is 1.70. The molecule has 0 atom stereocenters. The van der Waals surface area contributed by atoms with Crippen molar-refractivity contribution in [3.8, 4) is 22.6 Å². The monoisotopic (exact) mass is 369 g/mol. The zero-order valence-corrected chi connectivity index (χ0v) is 15.4. The van der Waals surface area contributed by atoms with Crippen LogP contribution in [0.1, 0.15) is 10.5 Å². The quantitative estimate of drug-likeness (QED) is 0.550. The topological polar surface area (TPSA) is 56.2 Å². The standard InChI is InChI=1S/C23H19N3O2/c1-28-21-16-26(18-12-6-3-7-13-18)25-22(21)23(27)24-20-15-9-8-14-19(20)17-10-4-2-5-11-17/h2-16H,1H3,(H,24,27). The average molecular weight is 369 g/mol. The third kappa shape index (κ3) is 3.50. The number of para-hydroxylation sites is 2. The van der Waals surface area contributed by atoms with Crippen LogP contribution in [0.4, 0.5) is 5.69 Å². The molecule has 4 rings (SSSR count). The summed E-state index contributed by atoms with van der Waals surface area (Å²) in [7, 11) is 1.53. The smallest absolute Gasteiger partial charge is 0.280 e. The fourth-order valence-electron chi connectivity index (χ4n) is 3.02. The molecule has 4 aromatic rings. The molecule has 0 bridgehead atoms. The van der Waals surface area contributed by atoms with Crippen LogP contribution in [0.2, 0.25) is 0 Å². The SMILES string of the molecule is COc1cn(-c2ccccc2)nc1C(=O)Nc1ccccc1-c1ccccc1. The Hall–Kier alpha value is -3.86. The van der Waals surface area contributed by atoms with Crippen molar-refractivity contribution < 1.29 is 9.53 Å². The highest BCUT2D eigenvalue weighted by molar-refractivity contribution is 6.06. The van der Waals surface area contributed by atoms with Crippen molar-refractivity contribution in [2.75, 3.05) is 12.4 Å². The van der Waals surface area contributed by atoms with Crippen LogP contribution >= 0.6 is 0 Å². The number of hydrogen-bond donors (Lipinski definition) is 1. The number of ether oxygens (including phenoxy) is 1. The molecule has 0 aliphatic rings. The molecule has 5 nitrogen and oxygen atoms in total. The fourth-order valence-corrected chi connectivity index (χ4v) is 3.02. The number of aromatic nitrogens is 2. The number of anilines is 1. The maximum Gasteiger partial charge on any atom is 0.280 e. The van der Waals surface area contributed by atoms with E-state index in [0.717, 1.165) is 22.5 Å². The van der Waals surface area contributed by atoms with Gasteiger partial charge in [-0.05, 0) is 23.8 Å². The van der Waals surface area contributed by atoms with Crippen LogP contribution in [-0.4, -0.2) is 22.8 Å². The minimum atomic E-state index is -0.324. The van der Waals surface area contributed by atoms with Crippen LogP contribution in [-0.2, 0) is 0 Å². The van der Waals surface area contributed by atoms with E-state index in [1.54, 1.807) is 10.9 Å². The van der Waals surface area contributed by atoms with Crippen LogP contribution in [0.3, 0.4) is 0 Å². The normalized spacial score (nSPS) is 10.5. The molecule has 1 N–H and O–H groups in total. The van der Waals surface area contributed by atoms with Gasteiger partial charge < -0.3 is 10.1 Å². The minimum Gasteiger partial charge on any atom is -0.493 e. The predicted octanol–water partition coefficient (Wildman–Crippen LogP) is 4.80. The summed E-state index contributed by atoms with van der Waals surface area (Å²) in [5, 5.41) is 7.40. The van der Waals surface area contributed by atoms with Gasteiger partial charge in [0.05, 0.1) is 19.0 Å². The first-order valence-electron chi connectivity index (χ1n) is 8.91. The van der Waals surface area contributed by atoms with Crippen molar-refractivity contribution in [3.05, 3.63) is 96.8 Å². The van der Waals surface area contributed by atoms with Gasteiger partial charge in [-0.1, -0.05) is 66.7 Å².